The van der Waals surface area contributed by atoms with Gasteiger partial charge in [0.15, 0.2) is 17.5 Å². The second kappa shape index (κ2) is 11.4. The lowest BCUT2D eigenvalue weighted by Crippen LogP contribution is -2.00. The Morgan fingerprint density at radius 3 is 1.78 bits per heavy atom. The van der Waals surface area contributed by atoms with Gasteiger partial charge in [0.2, 0.25) is 0 Å². The van der Waals surface area contributed by atoms with E-state index in [0.29, 0.717) is 17.5 Å². The van der Waals surface area contributed by atoms with Gasteiger partial charge in [-0.2, -0.15) is 0 Å². The van der Waals surface area contributed by atoms with Crippen LogP contribution in [0.3, 0.4) is 0 Å². The van der Waals surface area contributed by atoms with Crippen molar-refractivity contribution in [1.29, 1.82) is 0 Å². The average molecular weight is 641 g/mol. The first kappa shape index (κ1) is 28.2. The molecule has 0 aliphatic heterocycles. The quantitative estimate of drug-likeness (QED) is 0.188. The Morgan fingerprint density at radius 2 is 0.980 bits per heavy atom. The summed E-state index contributed by atoms with van der Waals surface area (Å²) in [6.45, 7) is 0. The molecule has 7 aromatic carbocycles. The molecule has 10 rings (SSSR count). The average Bonchev–Trinajstić information content (AvgIpc) is 3.72. The molecule has 5 nitrogen and oxygen atoms in total. The third-order valence-electron chi connectivity index (χ3n) is 9.44. The monoisotopic (exact) mass is 640 g/mol. The summed E-state index contributed by atoms with van der Waals surface area (Å²) in [5.41, 5.74) is 9.82. The third kappa shape index (κ3) is 4.60. The van der Waals surface area contributed by atoms with Crippen molar-refractivity contribution in [2.75, 3.05) is 0 Å². The molecule has 50 heavy (non-hydrogen) atoms. The van der Waals surface area contributed by atoms with Gasteiger partial charge < -0.3 is 8.98 Å². The van der Waals surface area contributed by atoms with E-state index < -0.39 is 0 Å². The van der Waals surface area contributed by atoms with Gasteiger partial charge in [0.25, 0.3) is 0 Å². The van der Waals surface area contributed by atoms with Crippen LogP contribution in [0.2, 0.25) is 0 Å². The minimum atomic E-state index is 0.562. The maximum atomic E-state index is 6.79. The second-order valence-electron chi connectivity index (χ2n) is 12.5. The molecule has 0 bridgehead atoms. The molecule has 0 saturated heterocycles. The van der Waals surface area contributed by atoms with Crippen LogP contribution in [0.15, 0.2) is 174 Å². The Bertz CT molecular complexity index is 2860. The molecule has 0 unspecified atom stereocenters. The first-order chi connectivity index (χ1) is 24.8. The van der Waals surface area contributed by atoms with E-state index >= 15 is 0 Å². The number of fused-ring (bicyclic) bond motifs is 6. The van der Waals surface area contributed by atoms with Crippen LogP contribution in [-0.2, 0) is 0 Å². The molecule has 234 valence electrons. The van der Waals surface area contributed by atoms with Crippen LogP contribution < -0.4 is 0 Å². The first-order valence-electron chi connectivity index (χ1n) is 16.7. The van der Waals surface area contributed by atoms with Crippen molar-refractivity contribution in [3.63, 3.8) is 0 Å². The number of hydrogen-bond donors (Lipinski definition) is 0. The van der Waals surface area contributed by atoms with E-state index in [0.717, 1.165) is 66.5 Å². The highest BCUT2D eigenvalue weighted by molar-refractivity contribution is 6.18. The van der Waals surface area contributed by atoms with Gasteiger partial charge >= 0.3 is 0 Å². The maximum Gasteiger partial charge on any atom is 0.167 e. The van der Waals surface area contributed by atoms with Gasteiger partial charge in [0.1, 0.15) is 11.2 Å². The smallest absolute Gasteiger partial charge is 0.167 e. The van der Waals surface area contributed by atoms with Crippen LogP contribution in [0, 0.1) is 0 Å². The number of furan rings is 1. The molecule has 0 atom stereocenters. The van der Waals surface area contributed by atoms with Crippen LogP contribution >= 0.6 is 0 Å². The van der Waals surface area contributed by atoms with Gasteiger partial charge in [0.05, 0.1) is 16.6 Å². The van der Waals surface area contributed by atoms with E-state index in [1.165, 1.54) is 10.8 Å². The molecule has 5 heteroatoms. The molecular formula is C45H28N4O. The van der Waals surface area contributed by atoms with Crippen LogP contribution in [0.4, 0.5) is 0 Å². The summed E-state index contributed by atoms with van der Waals surface area (Å²) in [6.07, 6.45) is 0. The Hall–Kier alpha value is -6.85. The molecule has 10 aromatic rings. The largest absolute Gasteiger partial charge is 0.455 e. The fraction of sp³-hybridized carbons (Fsp3) is 0. The van der Waals surface area contributed by atoms with Crippen LogP contribution in [0.5, 0.6) is 0 Å². The highest BCUT2D eigenvalue weighted by Gasteiger charge is 2.20. The van der Waals surface area contributed by atoms with Crippen molar-refractivity contribution in [2.45, 2.75) is 0 Å². The molecule has 0 N–H and O–H groups in total. The zero-order valence-corrected chi connectivity index (χ0v) is 26.9. The van der Waals surface area contributed by atoms with E-state index in [1.54, 1.807) is 0 Å². The number of aromatic nitrogens is 4. The Balaban J connectivity index is 1.20. The molecule has 0 fully saturated rings. The van der Waals surface area contributed by atoms with Crippen LogP contribution in [0.1, 0.15) is 0 Å². The fourth-order valence-corrected chi connectivity index (χ4v) is 7.10. The molecule has 3 heterocycles. The summed E-state index contributed by atoms with van der Waals surface area (Å²) in [7, 11) is 0. The summed E-state index contributed by atoms with van der Waals surface area (Å²) in [4.78, 5) is 15.2. The van der Waals surface area contributed by atoms with Crippen molar-refractivity contribution in [1.82, 2.24) is 19.5 Å². The normalized spacial score (nSPS) is 11.6. The van der Waals surface area contributed by atoms with Gasteiger partial charge in [-0.1, -0.05) is 127 Å². The molecule has 0 aliphatic carbocycles. The Morgan fingerprint density at radius 1 is 0.380 bits per heavy atom. The SMILES string of the molecule is c1ccc(-c2cccc(-c3nc(-c4ccccc4)nc(-c4cccc5c4oc4cc6c(cc45)c4ccccc4n6-c4ccccc4)n3)c2)cc1. The van der Waals surface area contributed by atoms with Crippen LogP contribution in [0.25, 0.3) is 94.7 Å². The Kier molecular flexibility index (Phi) is 6.42. The topological polar surface area (TPSA) is 56.7 Å². The van der Waals surface area contributed by atoms with Crippen LogP contribution in [-0.4, -0.2) is 19.5 Å². The number of rotatable bonds is 5. The van der Waals surface area contributed by atoms with Gasteiger partial charge in [-0.15, -0.1) is 0 Å². The Labute approximate surface area is 287 Å². The molecule has 0 aliphatic rings. The summed E-state index contributed by atoms with van der Waals surface area (Å²) in [5, 5.41) is 4.45. The number of para-hydroxylation sites is 3. The van der Waals surface area contributed by atoms with Crippen molar-refractivity contribution >= 4 is 43.7 Å². The lowest BCUT2D eigenvalue weighted by Gasteiger charge is -2.10. The predicted molar refractivity (Wildman–Crippen MR) is 203 cm³/mol. The molecular weight excluding hydrogens is 613 g/mol. The third-order valence-corrected chi connectivity index (χ3v) is 9.44. The molecule has 0 amide bonds. The number of benzene rings is 7. The van der Waals surface area contributed by atoms with E-state index in [2.05, 4.69) is 126 Å². The second-order valence-corrected chi connectivity index (χ2v) is 12.5. The van der Waals surface area contributed by atoms with E-state index in [4.69, 9.17) is 19.4 Å². The number of hydrogen-bond acceptors (Lipinski definition) is 4. The molecule has 0 spiro atoms. The minimum Gasteiger partial charge on any atom is -0.455 e. The molecule has 0 saturated carbocycles. The zero-order valence-electron chi connectivity index (χ0n) is 26.9. The first-order valence-corrected chi connectivity index (χ1v) is 16.7. The summed E-state index contributed by atoms with van der Waals surface area (Å²) in [6, 6.07) is 58.5. The summed E-state index contributed by atoms with van der Waals surface area (Å²) in [5.74, 6) is 1.78. The van der Waals surface area contributed by atoms with E-state index in [9.17, 15) is 0 Å². The molecule has 0 radical (unpaired) electrons. The zero-order chi connectivity index (χ0) is 33.0. The van der Waals surface area contributed by atoms with Gasteiger partial charge in [-0.25, -0.2) is 15.0 Å². The lowest BCUT2D eigenvalue weighted by molar-refractivity contribution is 0.670. The van der Waals surface area contributed by atoms with Crippen molar-refractivity contribution in [2.24, 2.45) is 0 Å². The van der Waals surface area contributed by atoms with Gasteiger partial charge in [0, 0.05) is 44.4 Å². The number of nitrogens with zero attached hydrogens (tertiary/aromatic N) is 4. The van der Waals surface area contributed by atoms with Gasteiger partial charge in [-0.05, 0) is 47.5 Å². The molecule has 3 aromatic heterocycles. The maximum absolute atomic E-state index is 6.79. The lowest BCUT2D eigenvalue weighted by atomic mass is 10.0. The standard InChI is InChI=1S/C45H28N4O/c1-4-14-29(15-5-1)31-18-12-19-32(26-31)44-46-43(30-16-6-2-7-17-30)47-45(48-44)36-24-13-23-35-38-27-37-34-22-10-11-25-39(34)49(33-20-8-3-9-21-33)40(37)28-41(38)50-42(35)36/h1-28H. The van der Waals surface area contributed by atoms with Crippen molar-refractivity contribution in [3.8, 4) is 51.0 Å². The minimum absolute atomic E-state index is 0.562. The van der Waals surface area contributed by atoms with E-state index in [1.807, 2.05) is 48.5 Å². The van der Waals surface area contributed by atoms with Crippen molar-refractivity contribution < 1.29 is 4.42 Å². The van der Waals surface area contributed by atoms with Gasteiger partial charge in [-0.3, -0.25) is 0 Å². The summed E-state index contributed by atoms with van der Waals surface area (Å²) >= 11 is 0. The van der Waals surface area contributed by atoms with E-state index in [-0.39, 0.29) is 0 Å². The predicted octanol–water partition coefficient (Wildman–Crippen LogP) is 11.5. The highest BCUT2D eigenvalue weighted by atomic mass is 16.3. The van der Waals surface area contributed by atoms with Crippen molar-refractivity contribution in [3.05, 3.63) is 170 Å². The fourth-order valence-electron chi connectivity index (χ4n) is 7.10. The summed E-state index contributed by atoms with van der Waals surface area (Å²) < 4.78 is 9.10. The highest BCUT2D eigenvalue weighted by Crippen LogP contribution is 2.41.